The summed E-state index contributed by atoms with van der Waals surface area (Å²) in [5.74, 6) is 3.73. The van der Waals surface area contributed by atoms with Gasteiger partial charge in [-0.25, -0.2) is 18.9 Å². The second kappa shape index (κ2) is 17.1. The summed E-state index contributed by atoms with van der Waals surface area (Å²) in [7, 11) is 0. The average Bonchev–Trinajstić information content (AvgIpc) is 3.86. The Morgan fingerprint density at radius 3 is 2.53 bits per heavy atom. The fourth-order valence-corrected chi connectivity index (χ4v) is 7.61. The van der Waals surface area contributed by atoms with E-state index in [4.69, 9.17) is 26.2 Å². The van der Waals surface area contributed by atoms with Crippen molar-refractivity contribution in [2.45, 2.75) is 78.1 Å². The van der Waals surface area contributed by atoms with Crippen LogP contribution < -0.4 is 20.2 Å². The number of pyridine rings is 4. The molecule has 8 aromatic rings. The molecule has 1 atom stereocenters. The standard InChI is InChI=1S/C49H44FN11O3/c1-7-32-22-36(35-17-19-40(51-25-35)34-14-15-34)23-39(45(32)50)48(62)55-43-12-8-10-42(53-43)47-57-58(28-61(47)30(4)5)26-31(6)64-37-18-16-33-20-21-59(49(63)38(33)24-37)44-13-9-11-41(54-44)46-56-52-27-60(46)29(2)3/h1,8-13,16-25,27-31,34H,14-15,26H2,2-6H3/p+1. The molecule has 64 heavy (non-hydrogen) atoms. The van der Waals surface area contributed by atoms with Gasteiger partial charge in [-0.1, -0.05) is 30.2 Å². The van der Waals surface area contributed by atoms with Gasteiger partial charge in [0.05, 0.1) is 22.6 Å². The van der Waals surface area contributed by atoms with Crippen molar-refractivity contribution < 1.29 is 18.5 Å². The van der Waals surface area contributed by atoms with Crippen molar-refractivity contribution >= 4 is 22.5 Å². The van der Waals surface area contributed by atoms with Gasteiger partial charge in [-0.15, -0.1) is 21.3 Å². The predicted octanol–water partition coefficient (Wildman–Crippen LogP) is 8.13. The molecular weight excluding hydrogens is 810 g/mol. The predicted molar refractivity (Wildman–Crippen MR) is 240 cm³/mol. The Morgan fingerprint density at radius 1 is 0.969 bits per heavy atom. The molecule has 1 amide bonds. The first-order valence-electron chi connectivity index (χ1n) is 21.2. The normalized spacial score (nSPS) is 13.0. The Labute approximate surface area is 368 Å². The molecule has 0 saturated heterocycles. The highest BCUT2D eigenvalue weighted by atomic mass is 19.1. The van der Waals surface area contributed by atoms with Crippen LogP contribution in [0.3, 0.4) is 0 Å². The van der Waals surface area contributed by atoms with Crippen LogP contribution in [0.4, 0.5) is 10.2 Å². The molecule has 1 N–H and O–H groups in total. The number of ether oxygens (including phenoxy) is 1. The maximum absolute atomic E-state index is 15.6. The van der Waals surface area contributed by atoms with Crippen molar-refractivity contribution in [3.05, 3.63) is 143 Å². The number of hydrogen-bond donors (Lipinski definition) is 1. The first-order valence-corrected chi connectivity index (χ1v) is 21.2. The van der Waals surface area contributed by atoms with Gasteiger partial charge in [0, 0.05) is 40.7 Å². The number of anilines is 1. The first-order chi connectivity index (χ1) is 30.9. The van der Waals surface area contributed by atoms with Gasteiger partial charge in [-0.05, 0) is 119 Å². The second-order valence-electron chi connectivity index (χ2n) is 16.5. The van der Waals surface area contributed by atoms with Gasteiger partial charge < -0.3 is 14.6 Å². The Morgan fingerprint density at radius 2 is 1.78 bits per heavy atom. The van der Waals surface area contributed by atoms with Crippen molar-refractivity contribution in [1.29, 1.82) is 0 Å². The van der Waals surface area contributed by atoms with Gasteiger partial charge in [-0.2, -0.15) is 0 Å². The summed E-state index contributed by atoms with van der Waals surface area (Å²) < 4.78 is 29.1. The molecule has 1 aliphatic carbocycles. The molecule has 1 unspecified atom stereocenters. The number of nitrogens with zero attached hydrogens (tertiary/aromatic N) is 10. The summed E-state index contributed by atoms with van der Waals surface area (Å²) >= 11 is 0. The van der Waals surface area contributed by atoms with E-state index in [0.29, 0.717) is 58.0 Å². The summed E-state index contributed by atoms with van der Waals surface area (Å²) in [5, 5.41) is 17.2. The van der Waals surface area contributed by atoms with Gasteiger partial charge in [0.2, 0.25) is 6.33 Å². The van der Waals surface area contributed by atoms with Crippen LogP contribution >= 0.6 is 0 Å². The van der Waals surface area contributed by atoms with Crippen molar-refractivity contribution in [2.75, 3.05) is 5.32 Å². The second-order valence-corrected chi connectivity index (χ2v) is 16.5. The molecule has 0 spiro atoms. The van der Waals surface area contributed by atoms with E-state index in [9.17, 15) is 9.59 Å². The van der Waals surface area contributed by atoms with Crippen LogP contribution in [0, 0.1) is 18.2 Å². The molecule has 320 valence electrons. The lowest BCUT2D eigenvalue weighted by Gasteiger charge is -2.14. The molecule has 14 nitrogen and oxygen atoms in total. The highest BCUT2D eigenvalue weighted by molar-refractivity contribution is 6.05. The lowest BCUT2D eigenvalue weighted by molar-refractivity contribution is -0.706. The van der Waals surface area contributed by atoms with Gasteiger partial charge in [-0.3, -0.25) is 19.1 Å². The number of nitrogens with one attached hydrogen (secondary N) is 1. The molecule has 1 fully saturated rings. The number of aromatic nitrogens is 10. The Bertz CT molecular complexity index is 3160. The highest BCUT2D eigenvalue weighted by Crippen LogP contribution is 2.39. The number of benzene rings is 2. The third-order valence-corrected chi connectivity index (χ3v) is 11.1. The highest BCUT2D eigenvalue weighted by Gasteiger charge is 2.27. The van der Waals surface area contributed by atoms with E-state index in [1.165, 1.54) is 10.6 Å². The molecule has 15 heteroatoms. The first kappa shape index (κ1) is 41.5. The van der Waals surface area contributed by atoms with Crippen LogP contribution in [0.2, 0.25) is 0 Å². The molecule has 1 aliphatic rings. The Kier molecular flexibility index (Phi) is 11.1. The molecular formula is C49H45FN11O3+. The summed E-state index contributed by atoms with van der Waals surface area (Å²) in [5.41, 5.74) is 2.96. The van der Waals surface area contributed by atoms with Crippen LogP contribution in [0.25, 0.3) is 50.8 Å². The van der Waals surface area contributed by atoms with E-state index >= 15 is 4.39 Å². The number of halogens is 1. The van der Waals surface area contributed by atoms with Crippen LogP contribution in [-0.4, -0.2) is 56.1 Å². The topological polar surface area (TPSA) is 151 Å². The fraction of sp³-hybridized carbons (Fsp3) is 0.245. The van der Waals surface area contributed by atoms with Gasteiger partial charge >= 0.3 is 5.82 Å². The minimum atomic E-state index is -0.792. The zero-order valence-electron chi connectivity index (χ0n) is 36.0. The zero-order chi connectivity index (χ0) is 44.6. The number of hydrogen-bond acceptors (Lipinski definition) is 9. The summed E-state index contributed by atoms with van der Waals surface area (Å²) in [6, 6.07) is 25.0. The van der Waals surface area contributed by atoms with Crippen LogP contribution in [0.1, 0.15) is 87.1 Å². The number of amides is 1. The summed E-state index contributed by atoms with van der Waals surface area (Å²) in [6.07, 6.45) is 14.6. The number of rotatable bonds is 13. The lowest BCUT2D eigenvalue weighted by Crippen LogP contribution is -2.37. The monoisotopic (exact) mass is 854 g/mol. The van der Waals surface area contributed by atoms with Crippen molar-refractivity contribution in [3.8, 4) is 58.1 Å². The number of fused-ring (bicyclic) bond motifs is 1. The van der Waals surface area contributed by atoms with E-state index in [1.807, 2.05) is 92.5 Å². The molecule has 6 heterocycles. The third-order valence-electron chi connectivity index (χ3n) is 11.1. The summed E-state index contributed by atoms with van der Waals surface area (Å²) in [4.78, 5) is 41.6. The van der Waals surface area contributed by atoms with Crippen molar-refractivity contribution in [2.24, 2.45) is 0 Å². The molecule has 9 rings (SSSR count). The van der Waals surface area contributed by atoms with Crippen LogP contribution in [-0.2, 0) is 6.54 Å². The molecule has 2 aromatic carbocycles. The molecule has 0 aliphatic heterocycles. The lowest BCUT2D eigenvalue weighted by atomic mass is 9.99. The van der Waals surface area contributed by atoms with E-state index in [1.54, 1.807) is 59.8 Å². The van der Waals surface area contributed by atoms with E-state index < -0.39 is 11.7 Å². The summed E-state index contributed by atoms with van der Waals surface area (Å²) in [6.45, 7) is 10.4. The minimum Gasteiger partial charge on any atom is -0.487 e. The molecule has 6 aromatic heterocycles. The molecule has 0 bridgehead atoms. The third kappa shape index (κ3) is 8.37. The van der Waals surface area contributed by atoms with Crippen molar-refractivity contribution in [3.63, 3.8) is 0 Å². The quantitative estimate of drug-likeness (QED) is 0.0896. The number of carbonyl (C=O) groups excluding carboxylic acids is 1. The average molecular weight is 855 g/mol. The van der Waals surface area contributed by atoms with Crippen LogP contribution in [0.5, 0.6) is 5.75 Å². The van der Waals surface area contributed by atoms with Gasteiger partial charge in [0.15, 0.2) is 11.6 Å². The SMILES string of the molecule is C#Cc1cc(-c2ccc(C3CC3)nc2)cc(C(=O)Nc2cccc(-c3nn(CC(C)Oc4ccc5ccn(-c6cccc(-c7nncn7C(C)C)n6)c(=O)c5c4)c[n+]3C(C)C)n2)c1F. The van der Waals surface area contributed by atoms with Crippen molar-refractivity contribution in [1.82, 2.24) is 44.1 Å². The Balaban J connectivity index is 0.919. The largest absolute Gasteiger partial charge is 0.487 e. The molecule has 0 radical (unpaired) electrons. The zero-order valence-corrected chi connectivity index (χ0v) is 36.0. The van der Waals surface area contributed by atoms with E-state index in [2.05, 4.69) is 26.4 Å². The fourth-order valence-electron chi connectivity index (χ4n) is 7.61. The number of carbonyl (C=O) groups is 1. The molecule has 1 saturated carbocycles. The van der Waals surface area contributed by atoms with E-state index in [0.717, 1.165) is 29.5 Å². The smallest absolute Gasteiger partial charge is 0.327 e. The Hall–Kier alpha value is -7.86. The van der Waals surface area contributed by atoms with Gasteiger partial charge in [0.1, 0.15) is 47.7 Å². The number of terminal acetylenes is 1. The minimum absolute atomic E-state index is 0.00153. The van der Waals surface area contributed by atoms with E-state index in [-0.39, 0.29) is 40.7 Å². The maximum Gasteiger partial charge on any atom is 0.327 e. The van der Waals surface area contributed by atoms with Gasteiger partial charge in [0.25, 0.3) is 11.5 Å². The van der Waals surface area contributed by atoms with Crippen LogP contribution in [0.15, 0.2) is 115 Å². The maximum atomic E-state index is 15.6.